The Kier molecular flexibility index (Phi) is 5.94. The second-order valence-electron chi connectivity index (χ2n) is 4.09. The number of amides is 1. The van der Waals surface area contributed by atoms with Crippen LogP contribution in [0.5, 0.6) is 5.75 Å². The first-order chi connectivity index (χ1) is 9.92. The van der Waals surface area contributed by atoms with Crippen LogP contribution in [-0.4, -0.2) is 53.2 Å². The number of benzene rings is 1. The summed E-state index contributed by atoms with van der Waals surface area (Å²) in [4.78, 5) is 33.8. The van der Waals surface area contributed by atoms with Crippen LogP contribution in [0, 0.1) is 0 Å². The molecule has 0 heterocycles. The molecule has 1 aromatic rings. The summed E-state index contributed by atoms with van der Waals surface area (Å²) in [7, 11) is 1.51. The van der Waals surface area contributed by atoms with Crippen LogP contribution in [0.4, 0.5) is 0 Å². The lowest BCUT2D eigenvalue weighted by Gasteiger charge is -2.16. The fourth-order valence-corrected chi connectivity index (χ4v) is 1.56. The molecule has 0 saturated heterocycles. The van der Waals surface area contributed by atoms with Gasteiger partial charge < -0.3 is 19.8 Å². The number of hydrogen-bond donors (Lipinski definition) is 2. The maximum atomic E-state index is 11.8. The number of nitrogens with zero attached hydrogens (tertiary/aromatic N) is 1. The fourth-order valence-electron chi connectivity index (χ4n) is 1.56. The minimum atomic E-state index is -1.28. The lowest BCUT2D eigenvalue weighted by Crippen LogP contribution is -2.38. The zero-order chi connectivity index (χ0) is 15.8. The SMILES string of the molecule is COc1cccc(C=CC(=O)N(CC(=O)O)CC(=O)O)c1. The Hall–Kier alpha value is -2.83. The number of ether oxygens (including phenoxy) is 1. The first kappa shape index (κ1) is 16.2. The highest BCUT2D eigenvalue weighted by Gasteiger charge is 2.17. The molecule has 0 unspecified atom stereocenters. The van der Waals surface area contributed by atoms with Crippen LogP contribution in [0.25, 0.3) is 6.08 Å². The van der Waals surface area contributed by atoms with Crippen molar-refractivity contribution >= 4 is 23.9 Å². The van der Waals surface area contributed by atoms with E-state index in [2.05, 4.69) is 0 Å². The highest BCUT2D eigenvalue weighted by molar-refractivity contribution is 5.95. The minimum Gasteiger partial charge on any atom is -0.497 e. The van der Waals surface area contributed by atoms with Crippen LogP contribution in [-0.2, 0) is 14.4 Å². The van der Waals surface area contributed by atoms with Gasteiger partial charge in [0, 0.05) is 6.08 Å². The summed E-state index contributed by atoms with van der Waals surface area (Å²) in [5, 5.41) is 17.3. The molecule has 0 fully saturated rings. The average molecular weight is 293 g/mol. The van der Waals surface area contributed by atoms with Gasteiger partial charge in [-0.15, -0.1) is 0 Å². The number of carboxylic acids is 2. The summed E-state index contributed by atoms with van der Waals surface area (Å²) >= 11 is 0. The van der Waals surface area contributed by atoms with Gasteiger partial charge in [0.05, 0.1) is 7.11 Å². The smallest absolute Gasteiger partial charge is 0.323 e. The molecule has 0 aliphatic rings. The van der Waals surface area contributed by atoms with Crippen molar-refractivity contribution in [1.82, 2.24) is 4.90 Å². The molecule has 112 valence electrons. The molecule has 2 N–H and O–H groups in total. The highest BCUT2D eigenvalue weighted by Crippen LogP contribution is 2.13. The summed E-state index contributed by atoms with van der Waals surface area (Å²) < 4.78 is 5.03. The predicted octanol–water partition coefficient (Wildman–Crippen LogP) is 0.706. The van der Waals surface area contributed by atoms with E-state index in [1.807, 2.05) is 0 Å². The van der Waals surface area contributed by atoms with E-state index < -0.39 is 30.9 Å². The van der Waals surface area contributed by atoms with Gasteiger partial charge in [-0.1, -0.05) is 12.1 Å². The molecule has 0 aliphatic heterocycles. The molecule has 0 aliphatic carbocycles. The van der Waals surface area contributed by atoms with E-state index in [0.29, 0.717) is 11.3 Å². The Balaban J connectivity index is 2.81. The van der Waals surface area contributed by atoms with Crippen molar-refractivity contribution in [1.29, 1.82) is 0 Å². The van der Waals surface area contributed by atoms with E-state index >= 15 is 0 Å². The number of hydrogen-bond acceptors (Lipinski definition) is 4. The summed E-state index contributed by atoms with van der Waals surface area (Å²) in [6.45, 7) is -1.35. The first-order valence-electron chi connectivity index (χ1n) is 5.97. The van der Waals surface area contributed by atoms with Crippen LogP contribution < -0.4 is 4.74 Å². The largest absolute Gasteiger partial charge is 0.497 e. The van der Waals surface area contributed by atoms with Crippen LogP contribution in [0.2, 0.25) is 0 Å². The van der Waals surface area contributed by atoms with Crippen molar-refractivity contribution in [3.8, 4) is 5.75 Å². The molecule has 0 spiro atoms. The first-order valence-corrected chi connectivity index (χ1v) is 5.97. The predicted molar refractivity (Wildman–Crippen MR) is 73.9 cm³/mol. The normalized spacial score (nSPS) is 10.3. The van der Waals surface area contributed by atoms with Gasteiger partial charge in [-0.05, 0) is 23.8 Å². The zero-order valence-electron chi connectivity index (χ0n) is 11.4. The third-order valence-electron chi connectivity index (χ3n) is 2.48. The van der Waals surface area contributed by atoms with Gasteiger partial charge in [0.25, 0.3) is 0 Å². The minimum absolute atomic E-state index is 0.609. The van der Waals surface area contributed by atoms with Crippen molar-refractivity contribution in [3.05, 3.63) is 35.9 Å². The zero-order valence-corrected chi connectivity index (χ0v) is 11.4. The van der Waals surface area contributed by atoms with Crippen LogP contribution in [0.1, 0.15) is 5.56 Å². The molecule has 0 radical (unpaired) electrons. The Morgan fingerprint density at radius 2 is 1.81 bits per heavy atom. The van der Waals surface area contributed by atoms with Crippen molar-refractivity contribution in [2.45, 2.75) is 0 Å². The Bertz CT molecular complexity index is 550. The topological polar surface area (TPSA) is 104 Å². The van der Waals surface area contributed by atoms with E-state index in [1.54, 1.807) is 24.3 Å². The molecular weight excluding hydrogens is 278 g/mol. The molecule has 0 saturated carbocycles. The Labute approximate surface area is 121 Å². The lowest BCUT2D eigenvalue weighted by molar-refractivity contribution is -0.147. The molecule has 21 heavy (non-hydrogen) atoms. The van der Waals surface area contributed by atoms with Gasteiger partial charge in [-0.25, -0.2) is 0 Å². The number of aliphatic carboxylic acids is 2. The second kappa shape index (κ2) is 7.68. The van der Waals surface area contributed by atoms with Crippen molar-refractivity contribution < 1.29 is 29.3 Å². The molecule has 0 bridgehead atoms. The molecule has 7 heteroatoms. The number of carbonyl (C=O) groups excluding carboxylic acids is 1. The van der Waals surface area contributed by atoms with Crippen LogP contribution >= 0.6 is 0 Å². The van der Waals surface area contributed by atoms with Gasteiger partial charge in [-0.3, -0.25) is 14.4 Å². The molecule has 1 amide bonds. The third-order valence-corrected chi connectivity index (χ3v) is 2.48. The maximum absolute atomic E-state index is 11.8. The lowest BCUT2D eigenvalue weighted by atomic mass is 10.2. The summed E-state index contributed by atoms with van der Waals surface area (Å²) in [5.41, 5.74) is 0.674. The standard InChI is InChI=1S/C14H15NO6/c1-21-11-4-2-3-10(7-11)5-6-12(16)15(8-13(17)18)9-14(19)20/h2-7H,8-9H2,1H3,(H,17,18)(H,19,20). The number of carbonyl (C=O) groups is 3. The molecule has 1 rings (SSSR count). The number of rotatable bonds is 7. The van der Waals surface area contributed by atoms with Gasteiger partial charge in [0.1, 0.15) is 18.8 Å². The van der Waals surface area contributed by atoms with Gasteiger partial charge in [0.2, 0.25) is 5.91 Å². The highest BCUT2D eigenvalue weighted by atomic mass is 16.5. The van der Waals surface area contributed by atoms with Gasteiger partial charge >= 0.3 is 11.9 Å². The van der Waals surface area contributed by atoms with Gasteiger partial charge in [-0.2, -0.15) is 0 Å². The fraction of sp³-hybridized carbons (Fsp3) is 0.214. The van der Waals surface area contributed by atoms with Crippen molar-refractivity contribution in [3.63, 3.8) is 0 Å². The molecule has 7 nitrogen and oxygen atoms in total. The summed E-state index contributed by atoms with van der Waals surface area (Å²) in [5.74, 6) is -2.64. The quantitative estimate of drug-likeness (QED) is 0.717. The van der Waals surface area contributed by atoms with Crippen molar-refractivity contribution in [2.24, 2.45) is 0 Å². The number of carboxylic acid groups (broad SMARTS) is 2. The Morgan fingerprint density at radius 3 is 2.33 bits per heavy atom. The molecule has 0 atom stereocenters. The third kappa shape index (κ3) is 5.77. The monoisotopic (exact) mass is 293 g/mol. The average Bonchev–Trinajstić information content (AvgIpc) is 2.43. The van der Waals surface area contributed by atoms with Crippen LogP contribution in [0.3, 0.4) is 0 Å². The van der Waals surface area contributed by atoms with E-state index in [9.17, 15) is 14.4 Å². The van der Waals surface area contributed by atoms with Crippen LogP contribution in [0.15, 0.2) is 30.3 Å². The molecule has 1 aromatic carbocycles. The van der Waals surface area contributed by atoms with Crippen molar-refractivity contribution in [2.75, 3.05) is 20.2 Å². The Morgan fingerprint density at radius 1 is 1.19 bits per heavy atom. The summed E-state index contributed by atoms with van der Waals surface area (Å²) in [6.07, 6.45) is 2.59. The molecule has 0 aromatic heterocycles. The van der Waals surface area contributed by atoms with E-state index in [1.165, 1.54) is 13.2 Å². The summed E-state index contributed by atoms with van der Waals surface area (Å²) in [6, 6.07) is 6.88. The van der Waals surface area contributed by atoms with Gasteiger partial charge in [0.15, 0.2) is 0 Å². The second-order valence-corrected chi connectivity index (χ2v) is 4.09. The van der Waals surface area contributed by atoms with E-state index in [4.69, 9.17) is 14.9 Å². The van der Waals surface area contributed by atoms with E-state index in [-0.39, 0.29) is 0 Å². The molecular formula is C14H15NO6. The van der Waals surface area contributed by atoms with E-state index in [0.717, 1.165) is 11.0 Å². The number of methoxy groups -OCH3 is 1. The maximum Gasteiger partial charge on any atom is 0.323 e.